The maximum absolute atomic E-state index is 9.29. The van der Waals surface area contributed by atoms with Crippen molar-refractivity contribution in [3.05, 3.63) is 22.9 Å². The van der Waals surface area contributed by atoms with Crippen molar-refractivity contribution in [1.82, 2.24) is 4.90 Å². The minimum absolute atomic E-state index is 0.299. The van der Waals surface area contributed by atoms with Crippen LogP contribution in [0.25, 0.3) is 0 Å². The third kappa shape index (κ3) is 8.10. The van der Waals surface area contributed by atoms with Gasteiger partial charge in [0, 0.05) is 18.8 Å². The van der Waals surface area contributed by atoms with Gasteiger partial charge in [0.2, 0.25) is 0 Å². The SMILES string of the molecule is CCCCC(CC)CN(CC(CC)CCCC)C1=CC(=C(C#N)C#N)CCC1. The van der Waals surface area contributed by atoms with Crippen molar-refractivity contribution in [2.24, 2.45) is 11.8 Å². The summed E-state index contributed by atoms with van der Waals surface area (Å²) < 4.78 is 0. The zero-order valence-corrected chi connectivity index (χ0v) is 18.8. The molecule has 0 aromatic carbocycles. The van der Waals surface area contributed by atoms with Gasteiger partial charge in [0.15, 0.2) is 0 Å². The Kier molecular flexibility index (Phi) is 12.4. The molecule has 0 bridgehead atoms. The first-order chi connectivity index (χ1) is 13.6. The molecule has 0 aliphatic heterocycles. The van der Waals surface area contributed by atoms with E-state index in [1.807, 2.05) is 0 Å². The standard InChI is InChI=1S/C25H41N3/c1-5-9-12-21(7-3)19-28(20-22(8-4)13-10-6-2)25-15-11-14-23(16-25)24(17-26)18-27/h16,21-22H,5-15,19-20H2,1-4H3. The van der Waals surface area contributed by atoms with Crippen LogP contribution in [0.1, 0.15) is 98.3 Å². The van der Waals surface area contributed by atoms with Crippen LogP contribution in [0.2, 0.25) is 0 Å². The Labute approximate surface area is 174 Å². The van der Waals surface area contributed by atoms with E-state index in [4.69, 9.17) is 0 Å². The molecule has 0 saturated heterocycles. The number of hydrogen-bond donors (Lipinski definition) is 0. The van der Waals surface area contributed by atoms with Crippen molar-refractivity contribution in [1.29, 1.82) is 10.5 Å². The van der Waals surface area contributed by atoms with Gasteiger partial charge in [0.05, 0.1) is 0 Å². The molecule has 0 saturated carbocycles. The van der Waals surface area contributed by atoms with Gasteiger partial charge in [-0.25, -0.2) is 0 Å². The fraction of sp³-hybridized carbons (Fsp3) is 0.760. The highest BCUT2D eigenvalue weighted by Gasteiger charge is 2.22. The van der Waals surface area contributed by atoms with E-state index in [0.717, 1.165) is 49.8 Å². The molecule has 0 aromatic rings. The molecule has 0 heterocycles. The van der Waals surface area contributed by atoms with Gasteiger partial charge in [-0.05, 0) is 55.6 Å². The summed E-state index contributed by atoms with van der Waals surface area (Å²) in [6.07, 6.45) is 15.3. The highest BCUT2D eigenvalue weighted by atomic mass is 15.1. The van der Waals surface area contributed by atoms with E-state index in [0.29, 0.717) is 5.57 Å². The topological polar surface area (TPSA) is 50.8 Å². The quantitative estimate of drug-likeness (QED) is 0.318. The second-order valence-corrected chi connectivity index (χ2v) is 8.35. The van der Waals surface area contributed by atoms with Gasteiger partial charge in [-0.1, -0.05) is 66.2 Å². The normalized spacial score (nSPS) is 15.9. The molecular formula is C25H41N3. The Morgan fingerprint density at radius 3 is 1.89 bits per heavy atom. The van der Waals surface area contributed by atoms with Crippen molar-refractivity contribution in [3.8, 4) is 12.1 Å². The summed E-state index contributed by atoms with van der Waals surface area (Å²) in [6, 6.07) is 4.19. The molecule has 0 radical (unpaired) electrons. The highest BCUT2D eigenvalue weighted by molar-refractivity contribution is 5.46. The molecule has 2 unspecified atom stereocenters. The lowest BCUT2D eigenvalue weighted by Crippen LogP contribution is -2.34. The Morgan fingerprint density at radius 2 is 1.46 bits per heavy atom. The molecule has 1 aliphatic carbocycles. The maximum atomic E-state index is 9.29. The Morgan fingerprint density at radius 1 is 0.929 bits per heavy atom. The number of nitriles is 2. The van der Waals surface area contributed by atoms with Crippen molar-refractivity contribution >= 4 is 0 Å². The second-order valence-electron chi connectivity index (χ2n) is 8.35. The lowest BCUT2D eigenvalue weighted by atomic mass is 9.91. The molecule has 2 atom stereocenters. The summed E-state index contributed by atoms with van der Waals surface area (Å²) in [4.78, 5) is 2.62. The molecule has 3 heteroatoms. The van der Waals surface area contributed by atoms with Crippen LogP contribution in [0.15, 0.2) is 22.9 Å². The van der Waals surface area contributed by atoms with Crippen LogP contribution in [-0.4, -0.2) is 18.0 Å². The van der Waals surface area contributed by atoms with Gasteiger partial charge in [-0.3, -0.25) is 0 Å². The van der Waals surface area contributed by atoms with Crippen molar-refractivity contribution in [2.75, 3.05) is 13.1 Å². The summed E-state index contributed by atoms with van der Waals surface area (Å²) in [7, 11) is 0. The predicted molar refractivity (Wildman–Crippen MR) is 118 cm³/mol. The average molecular weight is 384 g/mol. The third-order valence-electron chi connectivity index (χ3n) is 6.21. The van der Waals surface area contributed by atoms with E-state index in [1.165, 1.54) is 57.1 Å². The zero-order chi connectivity index (χ0) is 20.8. The van der Waals surface area contributed by atoms with Crippen molar-refractivity contribution < 1.29 is 0 Å². The van der Waals surface area contributed by atoms with E-state index in [-0.39, 0.29) is 0 Å². The van der Waals surface area contributed by atoms with E-state index in [2.05, 4.69) is 50.8 Å². The fourth-order valence-corrected chi connectivity index (χ4v) is 4.19. The summed E-state index contributed by atoms with van der Waals surface area (Å²) in [6.45, 7) is 11.4. The molecule has 0 spiro atoms. The van der Waals surface area contributed by atoms with Crippen LogP contribution >= 0.6 is 0 Å². The van der Waals surface area contributed by atoms with Crippen LogP contribution in [-0.2, 0) is 0 Å². The highest BCUT2D eigenvalue weighted by Crippen LogP contribution is 2.30. The maximum Gasteiger partial charge on any atom is 0.132 e. The minimum Gasteiger partial charge on any atom is -0.374 e. The number of hydrogen-bond acceptors (Lipinski definition) is 3. The fourth-order valence-electron chi connectivity index (χ4n) is 4.19. The van der Waals surface area contributed by atoms with Gasteiger partial charge in [0.1, 0.15) is 17.7 Å². The van der Waals surface area contributed by atoms with Crippen LogP contribution < -0.4 is 0 Å². The molecule has 3 nitrogen and oxygen atoms in total. The lowest BCUT2D eigenvalue weighted by molar-refractivity contribution is 0.215. The molecular weight excluding hydrogens is 342 g/mol. The Bertz CT molecular complexity index is 554. The summed E-state index contributed by atoms with van der Waals surface area (Å²) in [5.74, 6) is 1.45. The Balaban J connectivity index is 3.09. The van der Waals surface area contributed by atoms with E-state index in [1.54, 1.807) is 0 Å². The molecule has 0 fully saturated rings. The number of nitrogens with zero attached hydrogens (tertiary/aromatic N) is 3. The van der Waals surface area contributed by atoms with Crippen LogP contribution in [0, 0.1) is 34.5 Å². The largest absolute Gasteiger partial charge is 0.374 e. The molecule has 28 heavy (non-hydrogen) atoms. The third-order valence-corrected chi connectivity index (χ3v) is 6.21. The van der Waals surface area contributed by atoms with E-state index in [9.17, 15) is 10.5 Å². The first kappa shape index (κ1) is 24.3. The minimum atomic E-state index is 0.299. The number of allylic oxidation sites excluding steroid dienone is 4. The summed E-state index contributed by atoms with van der Waals surface area (Å²) >= 11 is 0. The smallest absolute Gasteiger partial charge is 0.132 e. The molecule has 1 rings (SSSR count). The monoisotopic (exact) mass is 383 g/mol. The van der Waals surface area contributed by atoms with Crippen molar-refractivity contribution in [2.45, 2.75) is 98.3 Å². The number of unbranched alkanes of at least 4 members (excludes halogenated alkanes) is 2. The van der Waals surface area contributed by atoms with Crippen LogP contribution in [0.4, 0.5) is 0 Å². The predicted octanol–water partition coefficient (Wildman–Crippen LogP) is 7.13. The van der Waals surface area contributed by atoms with Crippen LogP contribution in [0.5, 0.6) is 0 Å². The van der Waals surface area contributed by atoms with Gasteiger partial charge in [-0.2, -0.15) is 10.5 Å². The van der Waals surface area contributed by atoms with Crippen LogP contribution in [0.3, 0.4) is 0 Å². The molecule has 0 amide bonds. The van der Waals surface area contributed by atoms with E-state index >= 15 is 0 Å². The average Bonchev–Trinajstić information content (AvgIpc) is 2.73. The van der Waals surface area contributed by atoms with Gasteiger partial charge < -0.3 is 4.90 Å². The Hall–Kier alpha value is -1.74. The van der Waals surface area contributed by atoms with Gasteiger partial charge in [-0.15, -0.1) is 0 Å². The molecule has 156 valence electrons. The first-order valence-electron chi connectivity index (χ1n) is 11.6. The number of rotatable bonds is 13. The summed E-state index contributed by atoms with van der Waals surface area (Å²) in [5, 5.41) is 18.6. The lowest BCUT2D eigenvalue weighted by Gasteiger charge is -2.36. The first-order valence-corrected chi connectivity index (χ1v) is 11.6. The molecule has 0 N–H and O–H groups in total. The second kappa shape index (κ2) is 14.3. The van der Waals surface area contributed by atoms with E-state index < -0.39 is 0 Å². The molecule has 1 aliphatic rings. The summed E-state index contributed by atoms with van der Waals surface area (Å²) in [5.41, 5.74) is 2.60. The van der Waals surface area contributed by atoms with Crippen molar-refractivity contribution in [3.63, 3.8) is 0 Å². The zero-order valence-electron chi connectivity index (χ0n) is 18.8. The van der Waals surface area contributed by atoms with Gasteiger partial charge in [0.25, 0.3) is 0 Å². The van der Waals surface area contributed by atoms with Gasteiger partial charge >= 0.3 is 0 Å². The molecule has 0 aromatic heterocycles.